The van der Waals surface area contributed by atoms with Gasteiger partial charge in [-0.25, -0.2) is 23.1 Å². The highest BCUT2D eigenvalue weighted by atomic mass is 32.2. The Morgan fingerprint density at radius 1 is 1.27 bits per heavy atom. The molecule has 3 rings (SSSR count). The number of benzene rings is 1. The van der Waals surface area contributed by atoms with E-state index in [1.165, 1.54) is 41.5 Å². The van der Waals surface area contributed by atoms with E-state index in [1.807, 2.05) is 0 Å². The van der Waals surface area contributed by atoms with Crippen LogP contribution >= 0.6 is 0 Å². The lowest BCUT2D eigenvalue weighted by Crippen LogP contribution is -2.01. The van der Waals surface area contributed by atoms with Crippen LogP contribution in [0.4, 0.5) is 5.82 Å². The summed E-state index contributed by atoms with van der Waals surface area (Å²) in [4.78, 5) is 10.6. The van der Waals surface area contributed by atoms with Crippen LogP contribution in [0.15, 0.2) is 46.8 Å². The van der Waals surface area contributed by atoms with E-state index in [1.54, 1.807) is 0 Å². The van der Waals surface area contributed by atoms with Gasteiger partial charge in [-0.15, -0.1) is 0 Å². The summed E-state index contributed by atoms with van der Waals surface area (Å²) in [7, 11) is -4.54. The maximum absolute atomic E-state index is 11.0. The van der Waals surface area contributed by atoms with E-state index in [0.29, 0.717) is 10.9 Å². The zero-order valence-electron chi connectivity index (χ0n) is 10.8. The lowest BCUT2D eigenvalue weighted by atomic mass is 10.2. The normalized spacial score (nSPS) is 11.3. The molecule has 3 aromatic rings. The molecule has 0 bridgehead atoms. The molecule has 0 aliphatic rings. The summed E-state index contributed by atoms with van der Waals surface area (Å²) < 4.78 is 34.5. The maximum atomic E-state index is 11.0. The first kappa shape index (κ1) is 13.9. The van der Waals surface area contributed by atoms with Gasteiger partial charge in [-0.3, -0.25) is 0 Å². The monoisotopic (exact) mass is 317 g/mol. The van der Waals surface area contributed by atoms with Gasteiger partial charge in [0.1, 0.15) is 15.6 Å². The predicted molar refractivity (Wildman–Crippen MR) is 71.6 cm³/mol. The van der Waals surface area contributed by atoms with E-state index in [2.05, 4.69) is 25.1 Å². The summed E-state index contributed by atoms with van der Waals surface area (Å²) in [6, 6.07) is 3.84. The fourth-order valence-corrected chi connectivity index (χ4v) is 2.43. The van der Waals surface area contributed by atoms with Crippen LogP contribution in [-0.4, -0.2) is 32.7 Å². The number of rotatable bonds is 3. The van der Waals surface area contributed by atoms with Gasteiger partial charge in [0, 0.05) is 17.8 Å². The average Bonchev–Trinajstić information content (AvgIpc) is 2.90. The molecule has 0 aliphatic heterocycles. The second-order valence-electron chi connectivity index (χ2n) is 4.13. The summed E-state index contributed by atoms with van der Waals surface area (Å²) in [5.74, 6) is 0.314. The number of hydrogen-bond donors (Lipinski definition) is 1. The van der Waals surface area contributed by atoms with Gasteiger partial charge in [0.25, 0.3) is 5.82 Å². The van der Waals surface area contributed by atoms with Gasteiger partial charge in [0.15, 0.2) is 5.11 Å². The van der Waals surface area contributed by atoms with Crippen molar-refractivity contribution >= 4 is 26.8 Å². The zero-order chi connectivity index (χ0) is 15.7. The molecule has 110 valence electrons. The highest BCUT2D eigenvalue weighted by Crippen LogP contribution is 2.24. The van der Waals surface area contributed by atoms with Crippen LogP contribution in [0.25, 0.3) is 16.7 Å². The summed E-state index contributed by atoms with van der Waals surface area (Å²) in [6.07, 6.45) is 4.20. The van der Waals surface area contributed by atoms with Crippen LogP contribution in [0.5, 0.6) is 0 Å². The van der Waals surface area contributed by atoms with Crippen LogP contribution < -0.4 is 4.91 Å². The van der Waals surface area contributed by atoms with Crippen molar-refractivity contribution in [3.63, 3.8) is 0 Å². The zero-order valence-corrected chi connectivity index (χ0v) is 11.6. The Morgan fingerprint density at radius 3 is 2.77 bits per heavy atom. The number of nitrogens with one attached hydrogen (secondary N) is 1. The van der Waals surface area contributed by atoms with E-state index < -0.39 is 10.1 Å². The lowest BCUT2D eigenvalue weighted by Gasteiger charge is -2.07. The second kappa shape index (κ2) is 5.07. The van der Waals surface area contributed by atoms with Gasteiger partial charge in [-0.05, 0) is 18.2 Å². The number of fused-ring (bicyclic) bond motifs is 1. The van der Waals surface area contributed by atoms with Gasteiger partial charge in [0.05, 0.1) is 16.6 Å². The van der Waals surface area contributed by atoms with Crippen molar-refractivity contribution in [3.05, 3.63) is 36.8 Å². The molecule has 0 aliphatic carbocycles. The van der Waals surface area contributed by atoms with E-state index in [0.717, 1.165) is 0 Å². The third-order valence-corrected chi connectivity index (χ3v) is 3.67. The van der Waals surface area contributed by atoms with Crippen LogP contribution in [0, 0.1) is 5.53 Å². The molecule has 1 N–H and O–H groups in total. The highest BCUT2D eigenvalue weighted by molar-refractivity contribution is 7.85. The van der Waals surface area contributed by atoms with E-state index in [-0.39, 0.29) is 16.5 Å². The third-order valence-electron chi connectivity index (χ3n) is 2.83. The SMILES string of the molecule is N=[N+]=Nc1nccnc1-n1ncc2cc(S(=O)(=O)[O-])ccc21. The molecule has 0 atom stereocenters. The number of aromatic nitrogens is 4. The van der Waals surface area contributed by atoms with E-state index in [9.17, 15) is 13.0 Å². The molecule has 0 saturated carbocycles. The van der Waals surface area contributed by atoms with Gasteiger partial charge in [-0.1, -0.05) is 0 Å². The fraction of sp³-hybridized carbons (Fsp3) is 0. The molecule has 2 aromatic heterocycles. The average molecular weight is 317 g/mol. The van der Waals surface area contributed by atoms with Crippen LogP contribution in [0.3, 0.4) is 0 Å². The van der Waals surface area contributed by atoms with Crippen molar-refractivity contribution in [3.8, 4) is 5.82 Å². The van der Waals surface area contributed by atoms with Gasteiger partial charge in [-0.2, -0.15) is 5.10 Å². The van der Waals surface area contributed by atoms with Crippen molar-refractivity contribution in [1.82, 2.24) is 24.7 Å². The molecular weight excluding hydrogens is 310 g/mol. The molecule has 0 unspecified atom stereocenters. The number of nitrogens with zero attached hydrogens (tertiary/aromatic N) is 6. The molecule has 0 fully saturated rings. The van der Waals surface area contributed by atoms with Crippen molar-refractivity contribution in [2.75, 3.05) is 0 Å². The molecule has 11 heteroatoms. The molecule has 1 aromatic carbocycles. The predicted octanol–water partition coefficient (Wildman–Crippen LogP) is 0.901. The fourth-order valence-electron chi connectivity index (χ4n) is 1.93. The smallest absolute Gasteiger partial charge is 0.286 e. The molecule has 0 spiro atoms. The molecule has 0 radical (unpaired) electrons. The molecule has 2 heterocycles. The Balaban J connectivity index is 2.24. The van der Waals surface area contributed by atoms with Crippen molar-refractivity contribution < 1.29 is 13.0 Å². The van der Waals surface area contributed by atoms with E-state index in [4.69, 9.17) is 5.53 Å². The highest BCUT2D eigenvalue weighted by Gasteiger charge is 2.15. The summed E-state index contributed by atoms with van der Waals surface area (Å²) in [5.41, 5.74) is 7.29. The summed E-state index contributed by atoms with van der Waals surface area (Å²) in [5, 5.41) is 8.06. The summed E-state index contributed by atoms with van der Waals surface area (Å²) >= 11 is 0. The van der Waals surface area contributed by atoms with Crippen LogP contribution in [0.2, 0.25) is 0 Å². The minimum atomic E-state index is -4.54. The van der Waals surface area contributed by atoms with Crippen LogP contribution in [-0.2, 0) is 10.1 Å². The standard InChI is InChI=1S/C11H7N7O3S/c12-17-16-10-11(14-4-3-13-10)18-9-2-1-8(22(19,20)21)5-7(9)6-15-18/h1-6,12H. The quantitative estimate of drug-likeness (QED) is 0.430. The van der Waals surface area contributed by atoms with E-state index >= 15 is 0 Å². The topological polar surface area (TPSA) is 151 Å². The Bertz CT molecular complexity index is 1020. The summed E-state index contributed by atoms with van der Waals surface area (Å²) in [6.45, 7) is 0. The second-order valence-corrected chi connectivity index (χ2v) is 5.51. The maximum Gasteiger partial charge on any atom is 0.286 e. The molecule has 10 nitrogen and oxygen atoms in total. The van der Waals surface area contributed by atoms with Gasteiger partial charge >= 0.3 is 0 Å². The Kier molecular flexibility index (Phi) is 3.22. The largest absolute Gasteiger partial charge is 0.744 e. The molecule has 0 amide bonds. The first-order chi connectivity index (χ1) is 10.5. The van der Waals surface area contributed by atoms with Crippen molar-refractivity contribution in [2.45, 2.75) is 4.90 Å². The minimum absolute atomic E-state index is 0.0861. The van der Waals surface area contributed by atoms with Gasteiger partial charge in [0.2, 0.25) is 10.7 Å². The molecular formula is C11H7N7O3S. The minimum Gasteiger partial charge on any atom is -0.744 e. The lowest BCUT2D eigenvalue weighted by molar-refractivity contribution is 0.463. The Hall–Kier alpha value is -3.01. The third kappa shape index (κ3) is 2.35. The number of hydrogen-bond acceptors (Lipinski definition) is 8. The Labute approximate surface area is 123 Å². The van der Waals surface area contributed by atoms with Crippen LogP contribution in [0.1, 0.15) is 0 Å². The van der Waals surface area contributed by atoms with Crippen molar-refractivity contribution in [1.29, 1.82) is 5.53 Å². The first-order valence-electron chi connectivity index (χ1n) is 5.83. The van der Waals surface area contributed by atoms with Crippen molar-refractivity contribution in [2.24, 2.45) is 5.11 Å². The van der Waals surface area contributed by atoms with Gasteiger partial charge < -0.3 is 4.55 Å². The first-order valence-corrected chi connectivity index (χ1v) is 7.24. The molecule has 0 saturated heterocycles. The Morgan fingerprint density at radius 2 is 2.05 bits per heavy atom. The molecule has 22 heavy (non-hydrogen) atoms.